The molecule has 6 aromatic rings. The number of nitrogens with one attached hydrogen (secondary N) is 4. The fourth-order valence-electron chi connectivity index (χ4n) is 5.49. The maximum atomic E-state index is 13.2. The lowest BCUT2D eigenvalue weighted by molar-refractivity contribution is 0.101. The van der Waals surface area contributed by atoms with Crippen molar-refractivity contribution in [3.8, 4) is 11.5 Å². The maximum Gasteiger partial charge on any atom is 0.323 e. The lowest BCUT2D eigenvalue weighted by Gasteiger charge is -2.14. The molecule has 0 bridgehead atoms. The van der Waals surface area contributed by atoms with Gasteiger partial charge in [0.2, 0.25) is 0 Å². The van der Waals surface area contributed by atoms with Crippen molar-refractivity contribution in [1.82, 2.24) is 0 Å². The molecule has 4 amide bonds. The highest BCUT2D eigenvalue weighted by Crippen LogP contribution is 2.39. The molecule has 6 aromatic carbocycles. The highest BCUT2D eigenvalue weighted by Gasteiger charge is 2.23. The summed E-state index contributed by atoms with van der Waals surface area (Å²) in [6.45, 7) is 0. The van der Waals surface area contributed by atoms with Crippen molar-refractivity contribution in [3.05, 3.63) is 120 Å². The Morgan fingerprint density at radius 3 is 1.19 bits per heavy atom. The van der Waals surface area contributed by atoms with Crippen molar-refractivity contribution in [2.45, 2.75) is 9.79 Å². The first-order valence-electron chi connectivity index (χ1n) is 15.0. The van der Waals surface area contributed by atoms with E-state index in [9.17, 15) is 50.5 Å². The van der Waals surface area contributed by atoms with Crippen molar-refractivity contribution in [2.75, 3.05) is 21.3 Å². The van der Waals surface area contributed by atoms with Gasteiger partial charge in [0.25, 0.3) is 32.1 Å². The van der Waals surface area contributed by atoms with Gasteiger partial charge in [0.05, 0.1) is 11.4 Å². The average molecular weight is 743 g/mol. The molecule has 0 aliphatic carbocycles. The van der Waals surface area contributed by atoms with Crippen LogP contribution >= 0.6 is 0 Å². The van der Waals surface area contributed by atoms with Gasteiger partial charge in [-0.05, 0) is 36.4 Å². The number of rotatable bonds is 8. The normalized spacial score (nSPS) is 11.6. The van der Waals surface area contributed by atoms with Gasteiger partial charge in [-0.3, -0.25) is 18.7 Å². The predicted octanol–water partition coefficient (Wildman–Crippen LogP) is 6.05. The first kappa shape index (κ1) is 35.3. The van der Waals surface area contributed by atoms with Crippen LogP contribution in [0.2, 0.25) is 0 Å². The van der Waals surface area contributed by atoms with Crippen molar-refractivity contribution >= 4 is 82.4 Å². The van der Waals surface area contributed by atoms with E-state index in [-0.39, 0.29) is 55.4 Å². The quantitative estimate of drug-likeness (QED) is 0.0659. The second-order valence-electron chi connectivity index (χ2n) is 11.2. The van der Waals surface area contributed by atoms with E-state index in [1.54, 1.807) is 12.1 Å². The third-order valence-electron chi connectivity index (χ3n) is 7.77. The highest BCUT2D eigenvalue weighted by atomic mass is 32.2. The Bertz CT molecular complexity index is 2500. The van der Waals surface area contributed by atoms with Crippen molar-refractivity contribution in [1.29, 1.82) is 0 Å². The van der Waals surface area contributed by atoms with E-state index in [2.05, 4.69) is 21.3 Å². The first-order chi connectivity index (χ1) is 24.6. The highest BCUT2D eigenvalue weighted by molar-refractivity contribution is 7.86. The van der Waals surface area contributed by atoms with Crippen LogP contribution in [0.15, 0.2) is 119 Å². The molecule has 0 radical (unpaired) electrons. The Kier molecular flexibility index (Phi) is 9.26. The number of amides is 4. The van der Waals surface area contributed by atoms with Crippen LogP contribution in [-0.2, 0) is 20.2 Å². The molecule has 0 heterocycles. The first-order valence-corrected chi connectivity index (χ1v) is 17.8. The lowest BCUT2D eigenvalue weighted by atomic mass is 10.1. The van der Waals surface area contributed by atoms with Crippen LogP contribution in [-0.4, -0.2) is 54.0 Å². The van der Waals surface area contributed by atoms with Crippen LogP contribution in [0.1, 0.15) is 20.7 Å². The molecule has 0 atom stereocenters. The fraction of sp³-hybridized carbons (Fsp3) is 0. The van der Waals surface area contributed by atoms with Gasteiger partial charge in [-0.15, -0.1) is 0 Å². The van der Waals surface area contributed by atoms with E-state index in [1.165, 1.54) is 84.9 Å². The molecule has 0 unspecified atom stereocenters. The zero-order valence-electron chi connectivity index (χ0n) is 26.4. The van der Waals surface area contributed by atoms with E-state index in [0.29, 0.717) is 0 Å². The number of urea groups is 1. The summed E-state index contributed by atoms with van der Waals surface area (Å²) in [5.74, 6) is -2.64. The maximum absolute atomic E-state index is 13.2. The molecule has 0 spiro atoms. The summed E-state index contributed by atoms with van der Waals surface area (Å²) in [5.41, 5.74) is 0.271. The Balaban J connectivity index is 1.16. The van der Waals surface area contributed by atoms with Gasteiger partial charge in [0, 0.05) is 56.2 Å². The smallest absolute Gasteiger partial charge is 0.323 e. The third kappa shape index (κ3) is 7.32. The molecule has 0 fully saturated rings. The molecule has 0 aliphatic heterocycles. The molecule has 264 valence electrons. The number of hydrogen-bond donors (Lipinski definition) is 8. The van der Waals surface area contributed by atoms with Crippen LogP contribution in [0.3, 0.4) is 0 Å². The lowest BCUT2D eigenvalue weighted by Crippen LogP contribution is -2.20. The van der Waals surface area contributed by atoms with E-state index < -0.39 is 59.4 Å². The Morgan fingerprint density at radius 2 is 0.827 bits per heavy atom. The zero-order valence-corrected chi connectivity index (χ0v) is 28.0. The third-order valence-corrected chi connectivity index (χ3v) is 9.56. The SMILES string of the molecule is O=C(Nc1cccc(C(=O)Nc2c(O)cc(S(=O)(=O)O)c3ccccc23)c1)Nc1cccc(C(=O)Nc2c(O)cc(S(=O)(=O)O)c3ccccc23)c1. The largest absolute Gasteiger partial charge is 0.506 e. The van der Waals surface area contributed by atoms with Gasteiger partial charge in [0.1, 0.15) is 21.3 Å². The number of phenolic OH excluding ortho intramolecular Hbond substituents is 2. The summed E-state index contributed by atoms with van der Waals surface area (Å²) in [6.07, 6.45) is 0. The molecule has 0 aromatic heterocycles. The number of benzene rings is 6. The summed E-state index contributed by atoms with van der Waals surface area (Å²) in [6, 6.07) is 24.3. The number of hydrogen-bond acceptors (Lipinski definition) is 9. The van der Waals surface area contributed by atoms with Gasteiger partial charge < -0.3 is 31.5 Å². The molecule has 8 N–H and O–H groups in total. The number of anilines is 4. The summed E-state index contributed by atoms with van der Waals surface area (Å²) in [5, 5.41) is 31.8. The molecule has 0 saturated heterocycles. The molecular formula is C35H26N4O11S2. The Labute approximate surface area is 295 Å². The number of phenols is 2. The topological polar surface area (TPSA) is 249 Å². The molecule has 52 heavy (non-hydrogen) atoms. The summed E-state index contributed by atoms with van der Waals surface area (Å²) in [4.78, 5) is 38.2. The number of carbonyl (C=O) groups is 3. The van der Waals surface area contributed by atoms with Gasteiger partial charge in [-0.25, -0.2) is 4.79 Å². The minimum Gasteiger partial charge on any atom is -0.506 e. The van der Waals surface area contributed by atoms with E-state index in [1.807, 2.05) is 0 Å². The molecular weight excluding hydrogens is 717 g/mol. The van der Waals surface area contributed by atoms with Crippen molar-refractivity contribution in [3.63, 3.8) is 0 Å². The summed E-state index contributed by atoms with van der Waals surface area (Å²) < 4.78 is 66.7. The van der Waals surface area contributed by atoms with E-state index in [4.69, 9.17) is 0 Å². The van der Waals surface area contributed by atoms with Gasteiger partial charge in [-0.2, -0.15) is 16.8 Å². The summed E-state index contributed by atoms with van der Waals surface area (Å²) >= 11 is 0. The minimum atomic E-state index is -4.69. The minimum absolute atomic E-state index is 0.0548. The standard InChI is InChI=1S/C35H26N4O11S2/c40-27-17-29(51(45,46)47)23-11-1-3-13-25(23)31(27)38-33(42)19-7-5-9-21(15-19)36-35(44)37-22-10-6-8-20(16-22)34(43)39-32-26-14-4-2-12-24(26)30(18-28(32)41)52(48,49)50/h1-18,40-41H,(H,38,42)(H,39,43)(H2,36,37,44)(H,45,46,47)(H,48,49,50). The van der Waals surface area contributed by atoms with Gasteiger partial charge in [-0.1, -0.05) is 60.7 Å². The van der Waals surface area contributed by atoms with Gasteiger partial charge >= 0.3 is 6.03 Å². The zero-order chi connectivity index (χ0) is 37.4. The Morgan fingerprint density at radius 1 is 0.462 bits per heavy atom. The van der Waals surface area contributed by atoms with Crippen molar-refractivity contribution < 1.29 is 50.5 Å². The van der Waals surface area contributed by atoms with Crippen LogP contribution < -0.4 is 21.3 Å². The van der Waals surface area contributed by atoms with Gasteiger partial charge in [0.15, 0.2) is 0 Å². The number of fused-ring (bicyclic) bond motifs is 2. The second-order valence-corrected chi connectivity index (χ2v) is 14.0. The predicted molar refractivity (Wildman–Crippen MR) is 192 cm³/mol. The number of aromatic hydroxyl groups is 2. The molecule has 6 rings (SSSR count). The average Bonchev–Trinajstić information content (AvgIpc) is 3.09. The van der Waals surface area contributed by atoms with Crippen molar-refractivity contribution in [2.24, 2.45) is 0 Å². The molecule has 0 saturated carbocycles. The molecule has 17 heteroatoms. The molecule has 0 aliphatic rings. The van der Waals surface area contributed by atoms with E-state index in [0.717, 1.165) is 12.1 Å². The number of carbonyl (C=O) groups excluding carboxylic acids is 3. The summed E-state index contributed by atoms with van der Waals surface area (Å²) in [7, 11) is -9.39. The monoisotopic (exact) mass is 742 g/mol. The molecule has 15 nitrogen and oxygen atoms in total. The fourth-order valence-corrected chi connectivity index (χ4v) is 6.92. The van der Waals surface area contributed by atoms with Crippen LogP contribution in [0.4, 0.5) is 27.5 Å². The second kappa shape index (κ2) is 13.6. The van der Waals surface area contributed by atoms with E-state index >= 15 is 0 Å². The van der Waals surface area contributed by atoms with Crippen LogP contribution in [0.25, 0.3) is 21.5 Å². The van der Waals surface area contributed by atoms with Crippen LogP contribution in [0.5, 0.6) is 11.5 Å². The Hall–Kier alpha value is -6.53. The van der Waals surface area contributed by atoms with Crippen LogP contribution in [0, 0.1) is 0 Å².